The van der Waals surface area contributed by atoms with E-state index in [1.807, 2.05) is 36.4 Å². The molecule has 200 valence electrons. The van der Waals surface area contributed by atoms with Crippen LogP contribution < -0.4 is 9.46 Å². The Morgan fingerprint density at radius 2 is 1.82 bits per heavy atom. The summed E-state index contributed by atoms with van der Waals surface area (Å²) in [5.41, 5.74) is 4.37. The van der Waals surface area contributed by atoms with Crippen LogP contribution in [0.15, 0.2) is 59.0 Å². The van der Waals surface area contributed by atoms with E-state index >= 15 is 0 Å². The first-order valence-electron chi connectivity index (χ1n) is 11.5. The number of alkyl halides is 2. The monoisotopic (exact) mass is 563 g/mol. The van der Waals surface area contributed by atoms with Gasteiger partial charge in [0, 0.05) is 11.8 Å². The molecule has 1 fully saturated rings. The van der Waals surface area contributed by atoms with E-state index in [1.165, 1.54) is 6.26 Å². The van der Waals surface area contributed by atoms with Crippen LogP contribution in [0.3, 0.4) is 0 Å². The van der Waals surface area contributed by atoms with E-state index < -0.39 is 34.7 Å². The Hall–Kier alpha value is -3.16. The van der Waals surface area contributed by atoms with Crippen LogP contribution in [-0.4, -0.2) is 68.9 Å². The van der Waals surface area contributed by atoms with Gasteiger partial charge < -0.3 is 19.6 Å². The molecule has 3 N–H and O–H groups in total. The number of aliphatic hydroxyl groups excluding tert-OH is 1. The van der Waals surface area contributed by atoms with Crippen molar-refractivity contribution < 1.29 is 27.6 Å². The number of hydrogen-bond acceptors (Lipinski definition) is 7. The zero-order chi connectivity index (χ0) is 27.1. The summed E-state index contributed by atoms with van der Waals surface area (Å²) in [6.45, 7) is -1.20. The van der Waals surface area contributed by atoms with Gasteiger partial charge in [0.25, 0.3) is 6.01 Å². The standard InChI is InChI=1S/C25H24ClF2N5O4S/c1-29-38(2,35)33-17-9-7-15(8-10-17)14-3-5-16(6-4-14)22-18(26)11-19-23(31-22)32-24(30-19)37-21-13-36-20(12-34)25(21,27)28/h3-11,20-21,34H,12-13H2,1-2H3,(H,29,33,35)(H,30,31,32)/t20-,21?,38?/m1/s1. The van der Waals surface area contributed by atoms with E-state index in [9.17, 15) is 13.0 Å². The fourth-order valence-electron chi connectivity index (χ4n) is 3.99. The van der Waals surface area contributed by atoms with E-state index in [0.717, 1.165) is 16.7 Å². The van der Waals surface area contributed by atoms with Crippen LogP contribution in [0.25, 0.3) is 33.5 Å². The molecule has 2 unspecified atom stereocenters. The lowest BCUT2D eigenvalue weighted by atomic mass is 10.0. The second kappa shape index (κ2) is 10.2. The van der Waals surface area contributed by atoms with Crippen LogP contribution >= 0.6 is 11.6 Å². The van der Waals surface area contributed by atoms with E-state index in [-0.39, 0.29) is 18.3 Å². The van der Waals surface area contributed by atoms with Gasteiger partial charge in [-0.05, 0) is 36.4 Å². The Balaban J connectivity index is 1.36. The van der Waals surface area contributed by atoms with Gasteiger partial charge in [-0.2, -0.15) is 18.1 Å². The summed E-state index contributed by atoms with van der Waals surface area (Å²) in [5, 5.41) is 9.42. The SMILES string of the molecule is CNS(C)(=O)=Nc1ccc(-c2ccc(-c3nc4nc(OC5CO[C@H](CO)C5(F)F)[nH]c4cc3Cl)cc2)cc1. The second-order valence-corrected chi connectivity index (χ2v) is 11.3. The molecule has 1 saturated heterocycles. The van der Waals surface area contributed by atoms with Gasteiger partial charge in [0.05, 0.1) is 35.1 Å². The lowest BCUT2D eigenvalue weighted by Gasteiger charge is -2.20. The molecule has 0 radical (unpaired) electrons. The molecule has 3 atom stereocenters. The summed E-state index contributed by atoms with van der Waals surface area (Å²) >= 11 is 6.48. The third kappa shape index (κ3) is 5.22. The fraction of sp³-hybridized carbons (Fsp3) is 0.280. The number of imidazole rings is 1. The Morgan fingerprint density at radius 3 is 2.42 bits per heavy atom. The van der Waals surface area contributed by atoms with Gasteiger partial charge in [0.2, 0.25) is 0 Å². The predicted molar refractivity (Wildman–Crippen MR) is 141 cm³/mol. The molecule has 1 aliphatic rings. The largest absolute Gasteiger partial charge is 0.452 e. The summed E-state index contributed by atoms with van der Waals surface area (Å²) in [7, 11) is -0.880. The van der Waals surface area contributed by atoms with Crippen LogP contribution in [0.5, 0.6) is 6.01 Å². The molecule has 9 nitrogen and oxygen atoms in total. The molecule has 1 aliphatic heterocycles. The number of pyridine rings is 1. The van der Waals surface area contributed by atoms with Crippen LogP contribution in [0.1, 0.15) is 0 Å². The number of benzene rings is 2. The highest BCUT2D eigenvalue weighted by Gasteiger charge is 2.55. The lowest BCUT2D eigenvalue weighted by molar-refractivity contribution is -0.118. The second-order valence-electron chi connectivity index (χ2n) is 8.74. The maximum atomic E-state index is 14.3. The molecule has 0 saturated carbocycles. The van der Waals surface area contributed by atoms with Crippen LogP contribution in [0.4, 0.5) is 14.5 Å². The Kier molecular flexibility index (Phi) is 7.09. The molecule has 38 heavy (non-hydrogen) atoms. The van der Waals surface area contributed by atoms with Crippen LogP contribution in [0, 0.1) is 0 Å². The zero-order valence-corrected chi connectivity index (χ0v) is 21.9. The van der Waals surface area contributed by atoms with E-state index in [1.54, 1.807) is 25.2 Å². The fourth-order valence-corrected chi connectivity index (χ4v) is 4.87. The van der Waals surface area contributed by atoms with Gasteiger partial charge >= 0.3 is 5.92 Å². The maximum Gasteiger partial charge on any atom is 0.314 e. The highest BCUT2D eigenvalue weighted by molar-refractivity contribution is 7.91. The average molecular weight is 564 g/mol. The van der Waals surface area contributed by atoms with Gasteiger partial charge in [-0.1, -0.05) is 48.0 Å². The smallest absolute Gasteiger partial charge is 0.314 e. The zero-order valence-electron chi connectivity index (χ0n) is 20.3. The number of nitrogens with one attached hydrogen (secondary N) is 2. The van der Waals surface area contributed by atoms with Crippen molar-refractivity contribution in [1.82, 2.24) is 19.7 Å². The normalized spacial score (nSPS) is 20.4. The molecular weight excluding hydrogens is 540 g/mol. The molecule has 4 aromatic rings. The number of H-pyrrole nitrogens is 1. The number of nitrogens with zero attached hydrogens (tertiary/aromatic N) is 3. The lowest BCUT2D eigenvalue weighted by Crippen LogP contribution is -2.43. The highest BCUT2D eigenvalue weighted by Crippen LogP contribution is 2.35. The van der Waals surface area contributed by atoms with Crippen molar-refractivity contribution in [2.24, 2.45) is 4.36 Å². The van der Waals surface area contributed by atoms with E-state index in [0.29, 0.717) is 21.9 Å². The summed E-state index contributed by atoms with van der Waals surface area (Å²) in [4.78, 5) is 11.5. The first kappa shape index (κ1) is 26.4. The summed E-state index contributed by atoms with van der Waals surface area (Å²) < 4.78 is 57.9. The van der Waals surface area contributed by atoms with Crippen molar-refractivity contribution in [3.05, 3.63) is 59.6 Å². The minimum atomic E-state index is -3.37. The number of aliphatic hydroxyl groups is 1. The topological polar surface area (TPSA) is 122 Å². The molecule has 0 aliphatic carbocycles. The minimum absolute atomic E-state index is 0.147. The minimum Gasteiger partial charge on any atom is -0.452 e. The first-order chi connectivity index (χ1) is 18.1. The number of fused-ring (bicyclic) bond motifs is 1. The van der Waals surface area contributed by atoms with E-state index in [4.69, 9.17) is 26.2 Å². The number of hydrogen-bond donors (Lipinski definition) is 3. The molecule has 2 aromatic heterocycles. The molecular formula is C25H24ClF2N5O4S. The molecule has 2 aromatic carbocycles. The summed E-state index contributed by atoms with van der Waals surface area (Å²) in [6.07, 6.45) is -1.69. The van der Waals surface area contributed by atoms with Crippen molar-refractivity contribution in [2.75, 3.05) is 26.5 Å². The first-order valence-corrected chi connectivity index (χ1v) is 13.8. The third-order valence-electron chi connectivity index (χ3n) is 6.15. The van der Waals surface area contributed by atoms with Gasteiger partial charge in [-0.25, -0.2) is 13.9 Å². The highest BCUT2D eigenvalue weighted by atomic mass is 35.5. The molecule has 0 spiro atoms. The van der Waals surface area contributed by atoms with Crippen molar-refractivity contribution in [3.63, 3.8) is 0 Å². The maximum absolute atomic E-state index is 14.3. The average Bonchev–Trinajstić information content (AvgIpc) is 3.42. The number of aromatic nitrogens is 3. The van der Waals surface area contributed by atoms with Crippen LogP contribution in [-0.2, 0) is 14.7 Å². The van der Waals surface area contributed by atoms with Crippen molar-refractivity contribution in [2.45, 2.75) is 18.1 Å². The summed E-state index contributed by atoms with van der Waals surface area (Å²) in [6, 6.07) is 16.4. The van der Waals surface area contributed by atoms with Gasteiger partial charge in [0.15, 0.2) is 11.8 Å². The third-order valence-corrected chi connectivity index (χ3v) is 7.75. The van der Waals surface area contributed by atoms with Crippen molar-refractivity contribution in [1.29, 1.82) is 0 Å². The number of rotatable bonds is 7. The number of aromatic amines is 1. The molecule has 3 heterocycles. The molecule has 0 amide bonds. The Bertz CT molecular complexity index is 1590. The van der Waals surface area contributed by atoms with Gasteiger partial charge in [0.1, 0.15) is 16.0 Å². The number of halogens is 3. The van der Waals surface area contributed by atoms with Crippen molar-refractivity contribution >= 4 is 38.4 Å². The van der Waals surface area contributed by atoms with Gasteiger partial charge in [-0.3, -0.25) is 0 Å². The number of ether oxygens (including phenoxy) is 2. The van der Waals surface area contributed by atoms with Crippen LogP contribution in [0.2, 0.25) is 5.02 Å². The summed E-state index contributed by atoms with van der Waals surface area (Å²) in [5.74, 6) is -3.37. The molecule has 5 rings (SSSR count). The molecule has 13 heteroatoms. The van der Waals surface area contributed by atoms with E-state index in [2.05, 4.69) is 24.0 Å². The molecule has 0 bridgehead atoms. The van der Waals surface area contributed by atoms with Crippen molar-refractivity contribution in [3.8, 4) is 28.4 Å². The Labute approximate surface area is 222 Å². The quantitative estimate of drug-likeness (QED) is 0.302. The predicted octanol–water partition coefficient (Wildman–Crippen LogP) is 4.58. The Morgan fingerprint density at radius 1 is 1.18 bits per heavy atom. The van der Waals surface area contributed by atoms with Gasteiger partial charge in [-0.15, -0.1) is 0 Å².